The topological polar surface area (TPSA) is 43.4 Å². The maximum atomic E-state index is 11.6. The van der Waals surface area contributed by atoms with Crippen LogP contribution >= 0.6 is 0 Å². The highest BCUT2D eigenvalue weighted by Gasteiger charge is 1.95. The molecule has 0 atom stereocenters. The normalized spacial score (nSPS) is 10.2. The van der Waals surface area contributed by atoms with Crippen LogP contribution in [0.3, 0.4) is 0 Å². The summed E-state index contributed by atoms with van der Waals surface area (Å²) in [6, 6.07) is 5.52. The second-order valence-electron chi connectivity index (χ2n) is 2.00. The Morgan fingerprint density at radius 1 is 1.25 bits per heavy atom. The average Bonchev–Trinajstić information content (AvgIpc) is 2.06. The van der Waals surface area contributed by atoms with E-state index in [4.69, 9.17) is 0 Å². The summed E-state index contributed by atoms with van der Waals surface area (Å²) in [6.45, 7) is -0.914. The molecular weight excluding hydrogens is 183 g/mol. The number of benzene rings is 1. The van der Waals surface area contributed by atoms with Gasteiger partial charge in [-0.25, -0.2) is 12.8 Å². The molecule has 0 unspecified atom stereocenters. The minimum atomic E-state index is -2.57. The molecule has 0 spiro atoms. The second-order valence-corrected chi connectivity index (χ2v) is 3.04. The van der Waals surface area contributed by atoms with E-state index in [-0.39, 0.29) is 4.90 Å². The van der Waals surface area contributed by atoms with E-state index in [9.17, 15) is 12.8 Å². The van der Waals surface area contributed by atoms with E-state index in [0.717, 1.165) is 0 Å². The molecule has 12 heavy (non-hydrogen) atoms. The first kappa shape index (κ1) is 8.99. The molecule has 0 N–H and O–H groups in total. The van der Waals surface area contributed by atoms with Gasteiger partial charge in [-0.3, -0.25) is 0 Å². The molecule has 0 bridgehead atoms. The SMILES string of the molecule is O=[SH](=O)c1ccc(OCF)cc1. The summed E-state index contributed by atoms with van der Waals surface area (Å²) in [5, 5.41) is 0. The first-order valence-corrected chi connectivity index (χ1v) is 4.35. The van der Waals surface area contributed by atoms with Crippen molar-refractivity contribution in [2.45, 2.75) is 4.90 Å². The van der Waals surface area contributed by atoms with Gasteiger partial charge in [-0.1, -0.05) is 0 Å². The minimum absolute atomic E-state index is 0.191. The summed E-state index contributed by atoms with van der Waals surface area (Å²) in [5.74, 6) is 0.318. The highest BCUT2D eigenvalue weighted by Crippen LogP contribution is 2.12. The van der Waals surface area contributed by atoms with E-state index in [1.165, 1.54) is 24.3 Å². The van der Waals surface area contributed by atoms with Crippen molar-refractivity contribution in [3.05, 3.63) is 24.3 Å². The molecular formula is C7H7FO3S. The molecule has 0 saturated heterocycles. The number of alkyl halides is 1. The van der Waals surface area contributed by atoms with Gasteiger partial charge in [0.2, 0.25) is 6.86 Å². The molecule has 0 fully saturated rings. The summed E-state index contributed by atoms with van der Waals surface area (Å²) >= 11 is 0. The molecule has 0 aliphatic rings. The van der Waals surface area contributed by atoms with Gasteiger partial charge in [0.1, 0.15) is 5.75 Å². The van der Waals surface area contributed by atoms with Crippen molar-refractivity contribution in [2.24, 2.45) is 0 Å². The van der Waals surface area contributed by atoms with Gasteiger partial charge in [-0.05, 0) is 24.3 Å². The lowest BCUT2D eigenvalue weighted by molar-refractivity contribution is 0.191. The van der Waals surface area contributed by atoms with Gasteiger partial charge in [-0.15, -0.1) is 0 Å². The van der Waals surface area contributed by atoms with Crippen LogP contribution in [-0.2, 0) is 10.7 Å². The predicted molar refractivity (Wildman–Crippen MR) is 41.6 cm³/mol. The third-order valence-electron chi connectivity index (χ3n) is 1.27. The Labute approximate surface area is 70.7 Å². The predicted octanol–water partition coefficient (Wildman–Crippen LogP) is 0.963. The second kappa shape index (κ2) is 4.06. The van der Waals surface area contributed by atoms with Gasteiger partial charge < -0.3 is 4.74 Å². The molecule has 1 rings (SSSR count). The minimum Gasteiger partial charge on any atom is -0.463 e. The first-order chi connectivity index (χ1) is 5.74. The Kier molecular flexibility index (Phi) is 3.04. The first-order valence-electron chi connectivity index (χ1n) is 3.17. The van der Waals surface area contributed by atoms with Crippen LogP contribution in [0.4, 0.5) is 4.39 Å². The Morgan fingerprint density at radius 3 is 2.25 bits per heavy atom. The fourth-order valence-electron chi connectivity index (χ4n) is 0.727. The van der Waals surface area contributed by atoms with Gasteiger partial charge in [0.15, 0.2) is 10.7 Å². The Morgan fingerprint density at radius 2 is 1.83 bits per heavy atom. The van der Waals surface area contributed by atoms with Crippen molar-refractivity contribution in [1.29, 1.82) is 0 Å². The maximum Gasteiger partial charge on any atom is 0.228 e. The van der Waals surface area contributed by atoms with Crippen LogP contribution in [0.5, 0.6) is 5.75 Å². The monoisotopic (exact) mass is 190 g/mol. The molecule has 3 nitrogen and oxygen atoms in total. The standard InChI is InChI=1S/C7H7FO3S/c8-5-11-6-1-3-7(4-2-6)12(9)10/h1-4,12H,5H2. The highest BCUT2D eigenvalue weighted by molar-refractivity contribution is 7.72. The molecule has 1 aromatic rings. The van der Waals surface area contributed by atoms with Crippen molar-refractivity contribution in [3.8, 4) is 5.75 Å². The molecule has 0 aromatic heterocycles. The molecule has 0 aliphatic carbocycles. The number of rotatable bonds is 3. The summed E-state index contributed by atoms with van der Waals surface area (Å²) < 4.78 is 36.9. The van der Waals surface area contributed by atoms with Gasteiger partial charge in [-0.2, -0.15) is 0 Å². The summed E-state index contributed by atoms with van der Waals surface area (Å²) in [6.07, 6.45) is 0. The van der Waals surface area contributed by atoms with Crippen LogP contribution in [0, 0.1) is 0 Å². The highest BCUT2D eigenvalue weighted by atomic mass is 32.2. The lowest BCUT2D eigenvalue weighted by Gasteiger charge is -1.99. The van der Waals surface area contributed by atoms with Crippen molar-refractivity contribution in [2.75, 3.05) is 6.86 Å². The maximum absolute atomic E-state index is 11.6. The van der Waals surface area contributed by atoms with Gasteiger partial charge in [0.25, 0.3) is 0 Å². The lowest BCUT2D eigenvalue weighted by atomic mass is 10.3. The third kappa shape index (κ3) is 2.20. The van der Waals surface area contributed by atoms with E-state index < -0.39 is 17.6 Å². The van der Waals surface area contributed by atoms with E-state index >= 15 is 0 Å². The lowest BCUT2D eigenvalue weighted by Crippen LogP contribution is -1.89. The van der Waals surface area contributed by atoms with Crippen LogP contribution < -0.4 is 4.74 Å². The molecule has 5 heteroatoms. The molecule has 0 saturated carbocycles. The fourth-order valence-corrected chi connectivity index (χ4v) is 1.12. The van der Waals surface area contributed by atoms with Crippen LogP contribution in [0.2, 0.25) is 0 Å². The zero-order valence-electron chi connectivity index (χ0n) is 6.07. The van der Waals surface area contributed by atoms with E-state index in [1.54, 1.807) is 0 Å². The van der Waals surface area contributed by atoms with Crippen molar-refractivity contribution in [3.63, 3.8) is 0 Å². The molecule has 0 amide bonds. The number of hydrogen-bond acceptors (Lipinski definition) is 3. The third-order valence-corrected chi connectivity index (χ3v) is 1.99. The average molecular weight is 190 g/mol. The molecule has 0 aliphatic heterocycles. The van der Waals surface area contributed by atoms with Crippen molar-refractivity contribution in [1.82, 2.24) is 0 Å². The quantitative estimate of drug-likeness (QED) is 0.722. The smallest absolute Gasteiger partial charge is 0.228 e. The number of halogens is 1. The summed E-state index contributed by atoms with van der Waals surface area (Å²) in [5.41, 5.74) is 0. The van der Waals surface area contributed by atoms with Gasteiger partial charge in [0, 0.05) is 0 Å². The zero-order chi connectivity index (χ0) is 8.97. The van der Waals surface area contributed by atoms with Crippen LogP contribution in [0.15, 0.2) is 29.2 Å². The Hall–Kier alpha value is -1.10. The molecule has 0 radical (unpaired) electrons. The van der Waals surface area contributed by atoms with Gasteiger partial charge >= 0.3 is 0 Å². The Bertz CT molecular complexity index is 310. The van der Waals surface area contributed by atoms with Crippen LogP contribution in [-0.4, -0.2) is 15.3 Å². The van der Waals surface area contributed by atoms with E-state index in [0.29, 0.717) is 5.75 Å². The van der Waals surface area contributed by atoms with E-state index in [1.807, 2.05) is 0 Å². The summed E-state index contributed by atoms with van der Waals surface area (Å²) in [4.78, 5) is 0.191. The molecule has 0 heterocycles. The van der Waals surface area contributed by atoms with Crippen LogP contribution in [0.1, 0.15) is 0 Å². The summed E-state index contributed by atoms with van der Waals surface area (Å²) in [7, 11) is -2.57. The Balaban J connectivity index is 2.85. The fraction of sp³-hybridized carbons (Fsp3) is 0.143. The number of ether oxygens (including phenoxy) is 1. The van der Waals surface area contributed by atoms with Crippen molar-refractivity contribution >= 4 is 10.7 Å². The van der Waals surface area contributed by atoms with Crippen LogP contribution in [0.25, 0.3) is 0 Å². The molecule has 1 aromatic carbocycles. The van der Waals surface area contributed by atoms with E-state index in [2.05, 4.69) is 4.74 Å². The number of hydrogen-bond donors (Lipinski definition) is 1. The number of thiol groups is 1. The molecule has 66 valence electrons. The van der Waals surface area contributed by atoms with Gasteiger partial charge in [0.05, 0.1) is 4.90 Å². The largest absolute Gasteiger partial charge is 0.463 e. The zero-order valence-corrected chi connectivity index (χ0v) is 6.96. The van der Waals surface area contributed by atoms with Crippen molar-refractivity contribution < 1.29 is 17.5 Å².